The zero-order chi connectivity index (χ0) is 12.3. The Kier molecular flexibility index (Phi) is 4.02. The highest BCUT2D eigenvalue weighted by Crippen LogP contribution is 2.35. The number of halogens is 1. The van der Waals surface area contributed by atoms with Gasteiger partial charge in [-0.05, 0) is 31.0 Å². The summed E-state index contributed by atoms with van der Waals surface area (Å²) in [5.41, 5.74) is 1.12. The second-order valence-electron chi connectivity index (χ2n) is 4.36. The molecular formula is C13H16ClNO2. The summed E-state index contributed by atoms with van der Waals surface area (Å²) < 4.78 is 0. The van der Waals surface area contributed by atoms with Crippen LogP contribution in [0.3, 0.4) is 0 Å². The van der Waals surface area contributed by atoms with Crippen LogP contribution in [0.4, 0.5) is 0 Å². The SMILES string of the molecule is O=C(O)CCN1CCC[C@H]1c1ccccc1Cl. The van der Waals surface area contributed by atoms with Crippen molar-refractivity contribution in [3.05, 3.63) is 34.9 Å². The van der Waals surface area contributed by atoms with Gasteiger partial charge in [-0.1, -0.05) is 29.8 Å². The molecule has 17 heavy (non-hydrogen) atoms. The summed E-state index contributed by atoms with van der Waals surface area (Å²) in [6.45, 7) is 1.56. The minimum absolute atomic E-state index is 0.195. The lowest BCUT2D eigenvalue weighted by Crippen LogP contribution is -2.26. The zero-order valence-electron chi connectivity index (χ0n) is 9.60. The van der Waals surface area contributed by atoms with E-state index in [1.807, 2.05) is 24.3 Å². The molecule has 2 rings (SSSR count). The number of carboxylic acid groups (broad SMARTS) is 1. The molecule has 0 amide bonds. The number of nitrogens with zero attached hydrogens (tertiary/aromatic N) is 1. The first-order valence-electron chi connectivity index (χ1n) is 5.89. The molecule has 1 aliphatic heterocycles. The van der Waals surface area contributed by atoms with Crippen LogP contribution in [0.1, 0.15) is 30.9 Å². The van der Waals surface area contributed by atoms with Crippen molar-refractivity contribution in [3.8, 4) is 0 Å². The summed E-state index contributed by atoms with van der Waals surface area (Å²) in [6.07, 6.45) is 2.36. The van der Waals surface area contributed by atoms with Crippen molar-refractivity contribution in [2.75, 3.05) is 13.1 Å². The molecule has 1 aromatic rings. The molecule has 0 unspecified atom stereocenters. The van der Waals surface area contributed by atoms with Gasteiger partial charge in [-0.3, -0.25) is 9.69 Å². The number of aliphatic carboxylic acids is 1. The van der Waals surface area contributed by atoms with E-state index in [0.29, 0.717) is 6.54 Å². The van der Waals surface area contributed by atoms with Gasteiger partial charge in [0, 0.05) is 17.6 Å². The molecular weight excluding hydrogens is 238 g/mol. The van der Waals surface area contributed by atoms with Gasteiger partial charge in [-0.25, -0.2) is 0 Å². The second-order valence-corrected chi connectivity index (χ2v) is 4.77. The van der Waals surface area contributed by atoms with Crippen molar-refractivity contribution >= 4 is 17.6 Å². The Hall–Kier alpha value is -1.06. The van der Waals surface area contributed by atoms with Gasteiger partial charge in [0.15, 0.2) is 0 Å². The normalized spacial score (nSPS) is 20.6. The van der Waals surface area contributed by atoms with E-state index in [2.05, 4.69) is 4.90 Å². The van der Waals surface area contributed by atoms with Crippen LogP contribution in [-0.2, 0) is 4.79 Å². The number of carbonyl (C=O) groups is 1. The quantitative estimate of drug-likeness (QED) is 0.897. The van der Waals surface area contributed by atoms with Crippen LogP contribution < -0.4 is 0 Å². The van der Waals surface area contributed by atoms with E-state index < -0.39 is 5.97 Å². The lowest BCUT2D eigenvalue weighted by Gasteiger charge is -2.24. The molecule has 92 valence electrons. The van der Waals surface area contributed by atoms with Crippen LogP contribution in [0.5, 0.6) is 0 Å². The van der Waals surface area contributed by atoms with Crippen molar-refractivity contribution in [3.63, 3.8) is 0 Å². The van der Waals surface area contributed by atoms with Crippen LogP contribution in [0.15, 0.2) is 24.3 Å². The van der Waals surface area contributed by atoms with Crippen molar-refractivity contribution in [2.24, 2.45) is 0 Å². The molecule has 1 N–H and O–H groups in total. The van der Waals surface area contributed by atoms with Crippen molar-refractivity contribution in [1.82, 2.24) is 4.90 Å². The number of rotatable bonds is 4. The Bertz CT molecular complexity index is 408. The average Bonchev–Trinajstić information content (AvgIpc) is 2.75. The molecule has 0 bridgehead atoms. The van der Waals surface area contributed by atoms with E-state index >= 15 is 0 Å². The van der Waals surface area contributed by atoms with Gasteiger partial charge in [0.1, 0.15) is 0 Å². The van der Waals surface area contributed by atoms with Crippen LogP contribution >= 0.6 is 11.6 Å². The summed E-state index contributed by atoms with van der Waals surface area (Å²) in [4.78, 5) is 12.8. The number of hydrogen-bond acceptors (Lipinski definition) is 2. The third-order valence-corrected chi connectivity index (χ3v) is 3.58. The first-order chi connectivity index (χ1) is 8.18. The highest BCUT2D eigenvalue weighted by Gasteiger charge is 2.27. The number of likely N-dealkylation sites (tertiary alicyclic amines) is 1. The molecule has 1 aliphatic rings. The van der Waals surface area contributed by atoms with Crippen LogP contribution in [0, 0.1) is 0 Å². The van der Waals surface area contributed by atoms with Gasteiger partial charge >= 0.3 is 5.97 Å². The van der Waals surface area contributed by atoms with Crippen molar-refractivity contribution < 1.29 is 9.90 Å². The molecule has 1 heterocycles. The smallest absolute Gasteiger partial charge is 0.304 e. The molecule has 1 aromatic carbocycles. The molecule has 4 heteroatoms. The van der Waals surface area contributed by atoms with E-state index in [1.54, 1.807) is 0 Å². The Labute approximate surface area is 106 Å². The maximum Gasteiger partial charge on any atom is 0.304 e. The second kappa shape index (κ2) is 5.52. The Balaban J connectivity index is 2.09. The number of carboxylic acids is 1. The van der Waals surface area contributed by atoms with E-state index in [0.717, 1.165) is 30.0 Å². The molecule has 0 saturated carbocycles. The van der Waals surface area contributed by atoms with Crippen LogP contribution in [0.25, 0.3) is 0 Å². The third kappa shape index (κ3) is 2.99. The van der Waals surface area contributed by atoms with Gasteiger partial charge in [0.2, 0.25) is 0 Å². The lowest BCUT2D eigenvalue weighted by molar-refractivity contribution is -0.137. The summed E-state index contributed by atoms with van der Waals surface area (Å²) in [7, 11) is 0. The summed E-state index contributed by atoms with van der Waals surface area (Å²) in [6, 6.07) is 8.11. The molecule has 1 fully saturated rings. The van der Waals surface area contributed by atoms with E-state index in [1.165, 1.54) is 0 Å². The van der Waals surface area contributed by atoms with E-state index in [9.17, 15) is 4.79 Å². The van der Waals surface area contributed by atoms with Gasteiger partial charge < -0.3 is 5.11 Å². The maximum absolute atomic E-state index is 10.6. The first kappa shape index (κ1) is 12.4. The molecule has 1 saturated heterocycles. The highest BCUT2D eigenvalue weighted by atomic mass is 35.5. The maximum atomic E-state index is 10.6. The number of hydrogen-bond donors (Lipinski definition) is 1. The highest BCUT2D eigenvalue weighted by molar-refractivity contribution is 6.31. The summed E-state index contributed by atoms with van der Waals surface area (Å²) in [5.74, 6) is -0.741. The number of benzene rings is 1. The molecule has 0 aromatic heterocycles. The standard InChI is InChI=1S/C13H16ClNO2/c14-11-5-2-1-4-10(11)12-6-3-8-15(12)9-7-13(16)17/h1-2,4-5,12H,3,6-9H2,(H,16,17)/t12-/m0/s1. The van der Waals surface area contributed by atoms with Crippen molar-refractivity contribution in [1.29, 1.82) is 0 Å². The molecule has 1 atom stereocenters. The minimum Gasteiger partial charge on any atom is -0.481 e. The Morgan fingerprint density at radius 1 is 1.47 bits per heavy atom. The molecule has 0 aliphatic carbocycles. The van der Waals surface area contributed by atoms with Gasteiger partial charge in [-0.15, -0.1) is 0 Å². The lowest BCUT2D eigenvalue weighted by atomic mass is 10.0. The van der Waals surface area contributed by atoms with E-state index in [4.69, 9.17) is 16.7 Å². The van der Waals surface area contributed by atoms with Gasteiger partial charge in [-0.2, -0.15) is 0 Å². The summed E-state index contributed by atoms with van der Waals surface area (Å²) in [5, 5.41) is 9.51. The fraction of sp³-hybridized carbons (Fsp3) is 0.462. The average molecular weight is 254 g/mol. The molecule has 0 spiro atoms. The Morgan fingerprint density at radius 2 is 2.24 bits per heavy atom. The third-order valence-electron chi connectivity index (χ3n) is 3.24. The van der Waals surface area contributed by atoms with Crippen LogP contribution in [0.2, 0.25) is 5.02 Å². The predicted octanol–water partition coefficient (Wildman–Crippen LogP) is 2.95. The Morgan fingerprint density at radius 3 is 2.94 bits per heavy atom. The van der Waals surface area contributed by atoms with Gasteiger partial charge in [0.05, 0.1) is 6.42 Å². The summed E-state index contributed by atoms with van der Waals surface area (Å²) >= 11 is 6.19. The van der Waals surface area contributed by atoms with Gasteiger partial charge in [0.25, 0.3) is 0 Å². The molecule has 0 radical (unpaired) electrons. The predicted molar refractivity (Wildman–Crippen MR) is 67.3 cm³/mol. The molecule has 3 nitrogen and oxygen atoms in total. The monoisotopic (exact) mass is 253 g/mol. The topological polar surface area (TPSA) is 40.5 Å². The minimum atomic E-state index is -0.741. The largest absolute Gasteiger partial charge is 0.481 e. The fourth-order valence-corrected chi connectivity index (χ4v) is 2.69. The zero-order valence-corrected chi connectivity index (χ0v) is 10.4. The van der Waals surface area contributed by atoms with Crippen LogP contribution in [-0.4, -0.2) is 29.1 Å². The van der Waals surface area contributed by atoms with E-state index in [-0.39, 0.29) is 12.5 Å². The fourth-order valence-electron chi connectivity index (χ4n) is 2.43. The first-order valence-corrected chi connectivity index (χ1v) is 6.26. The van der Waals surface area contributed by atoms with Crippen molar-refractivity contribution in [2.45, 2.75) is 25.3 Å².